The molecule has 3 heteroatoms. The Hall–Kier alpha value is -1.38. The van der Waals surface area contributed by atoms with Gasteiger partial charge in [-0.15, -0.1) is 0 Å². The molecule has 1 heterocycles. The lowest BCUT2D eigenvalue weighted by Gasteiger charge is -2.36. The van der Waals surface area contributed by atoms with Gasteiger partial charge >= 0.3 is 0 Å². The van der Waals surface area contributed by atoms with Gasteiger partial charge in [0.15, 0.2) is 5.78 Å². The van der Waals surface area contributed by atoms with Crippen LogP contribution in [0, 0.1) is 17.2 Å². The Labute approximate surface area is 107 Å². The molecular weight excluding hydrogens is 231 g/mol. The van der Waals surface area contributed by atoms with Gasteiger partial charge in [-0.05, 0) is 29.5 Å². The molecule has 0 saturated carbocycles. The number of Topliss-reactive ketones (excluding diaryl/α,β-unsaturated/α-hetero) is 1. The van der Waals surface area contributed by atoms with Crippen molar-refractivity contribution in [3.05, 3.63) is 29.6 Å². The SMILES string of the molecule is CC(C1CC(=O)c2cc(F)ccc2O1)C(C)(C)C. The van der Waals surface area contributed by atoms with Crippen molar-refractivity contribution in [1.82, 2.24) is 0 Å². The summed E-state index contributed by atoms with van der Waals surface area (Å²) in [4.78, 5) is 12.0. The van der Waals surface area contributed by atoms with Crippen LogP contribution in [-0.2, 0) is 0 Å². The highest BCUT2D eigenvalue weighted by Crippen LogP contribution is 2.36. The summed E-state index contributed by atoms with van der Waals surface area (Å²) in [5, 5.41) is 0. The minimum Gasteiger partial charge on any atom is -0.489 e. The summed E-state index contributed by atoms with van der Waals surface area (Å²) in [6, 6.07) is 4.13. The zero-order valence-corrected chi connectivity index (χ0v) is 11.3. The van der Waals surface area contributed by atoms with Crippen molar-refractivity contribution in [3.63, 3.8) is 0 Å². The molecule has 98 valence electrons. The van der Waals surface area contributed by atoms with Crippen LogP contribution in [0.15, 0.2) is 18.2 Å². The maximum atomic E-state index is 13.1. The third-order valence-electron chi connectivity index (χ3n) is 3.83. The van der Waals surface area contributed by atoms with Crippen LogP contribution < -0.4 is 4.74 Å². The number of rotatable bonds is 1. The van der Waals surface area contributed by atoms with Crippen LogP contribution in [0.25, 0.3) is 0 Å². The molecular formula is C15H19FO2. The van der Waals surface area contributed by atoms with Gasteiger partial charge in [0.05, 0.1) is 5.56 Å². The second-order valence-corrected chi connectivity index (χ2v) is 6.08. The molecule has 1 aliphatic heterocycles. The molecule has 2 rings (SSSR count). The third kappa shape index (κ3) is 2.40. The van der Waals surface area contributed by atoms with Gasteiger partial charge in [0.1, 0.15) is 17.7 Å². The maximum absolute atomic E-state index is 13.1. The molecule has 0 spiro atoms. The minimum absolute atomic E-state index is 0.0307. The fourth-order valence-electron chi connectivity index (χ4n) is 2.16. The van der Waals surface area contributed by atoms with Crippen molar-refractivity contribution < 1.29 is 13.9 Å². The first-order chi connectivity index (χ1) is 8.29. The molecule has 1 aromatic carbocycles. The van der Waals surface area contributed by atoms with Gasteiger partial charge in [0.2, 0.25) is 0 Å². The Bertz CT molecular complexity index is 474. The van der Waals surface area contributed by atoms with E-state index < -0.39 is 5.82 Å². The van der Waals surface area contributed by atoms with E-state index in [0.29, 0.717) is 17.7 Å². The molecule has 2 atom stereocenters. The molecule has 0 bridgehead atoms. The van der Waals surface area contributed by atoms with Gasteiger partial charge in [-0.2, -0.15) is 0 Å². The molecule has 2 unspecified atom stereocenters. The predicted octanol–water partition coefficient (Wildman–Crippen LogP) is 3.84. The average Bonchev–Trinajstić information content (AvgIpc) is 2.27. The zero-order valence-electron chi connectivity index (χ0n) is 11.3. The molecule has 0 fully saturated rings. The normalized spacial score (nSPS) is 21.2. The van der Waals surface area contributed by atoms with Crippen molar-refractivity contribution in [2.24, 2.45) is 11.3 Å². The van der Waals surface area contributed by atoms with Gasteiger partial charge < -0.3 is 4.74 Å². The first-order valence-electron chi connectivity index (χ1n) is 6.28. The highest BCUT2D eigenvalue weighted by atomic mass is 19.1. The number of halogens is 1. The fraction of sp³-hybridized carbons (Fsp3) is 0.533. The lowest BCUT2D eigenvalue weighted by atomic mass is 9.76. The zero-order chi connectivity index (χ0) is 13.5. The second-order valence-electron chi connectivity index (χ2n) is 6.08. The van der Waals surface area contributed by atoms with Crippen LogP contribution >= 0.6 is 0 Å². The van der Waals surface area contributed by atoms with Crippen molar-refractivity contribution in [1.29, 1.82) is 0 Å². The molecule has 0 N–H and O–H groups in total. The highest BCUT2D eigenvalue weighted by Gasteiger charge is 2.35. The molecule has 2 nitrogen and oxygen atoms in total. The summed E-state index contributed by atoms with van der Waals surface area (Å²) in [7, 11) is 0. The van der Waals surface area contributed by atoms with E-state index in [1.807, 2.05) is 0 Å². The number of hydrogen-bond donors (Lipinski definition) is 0. The maximum Gasteiger partial charge on any atom is 0.170 e. The second kappa shape index (κ2) is 4.38. The molecule has 1 aromatic rings. The smallest absolute Gasteiger partial charge is 0.170 e. The lowest BCUT2D eigenvalue weighted by molar-refractivity contribution is 0.0498. The summed E-state index contributed by atoms with van der Waals surface area (Å²) < 4.78 is 19.0. The van der Waals surface area contributed by atoms with E-state index in [-0.39, 0.29) is 23.2 Å². The van der Waals surface area contributed by atoms with Crippen molar-refractivity contribution in [2.45, 2.75) is 40.2 Å². The van der Waals surface area contributed by atoms with Crippen LogP contribution in [0.1, 0.15) is 44.5 Å². The van der Waals surface area contributed by atoms with Gasteiger partial charge in [0.25, 0.3) is 0 Å². The largest absolute Gasteiger partial charge is 0.489 e. The first-order valence-corrected chi connectivity index (χ1v) is 6.28. The molecule has 18 heavy (non-hydrogen) atoms. The van der Waals surface area contributed by atoms with Crippen molar-refractivity contribution in [2.75, 3.05) is 0 Å². The van der Waals surface area contributed by atoms with E-state index in [2.05, 4.69) is 27.7 Å². The van der Waals surface area contributed by atoms with Crippen molar-refractivity contribution in [3.8, 4) is 5.75 Å². The standard InChI is InChI=1S/C15H19FO2/c1-9(15(2,3)4)14-8-12(17)11-7-10(16)5-6-13(11)18-14/h5-7,9,14H,8H2,1-4H3. The molecule has 1 aliphatic rings. The predicted molar refractivity (Wildman–Crippen MR) is 68.4 cm³/mol. The van der Waals surface area contributed by atoms with Crippen LogP contribution in [0.2, 0.25) is 0 Å². The molecule has 0 amide bonds. The van der Waals surface area contributed by atoms with E-state index in [4.69, 9.17) is 4.74 Å². The van der Waals surface area contributed by atoms with Gasteiger partial charge in [-0.3, -0.25) is 4.79 Å². The molecule has 0 saturated heterocycles. The topological polar surface area (TPSA) is 26.3 Å². The summed E-state index contributed by atoms with van der Waals surface area (Å²) in [6.07, 6.45) is 0.199. The van der Waals surface area contributed by atoms with Gasteiger partial charge in [-0.25, -0.2) is 4.39 Å². The summed E-state index contributed by atoms with van der Waals surface area (Å²) in [5.41, 5.74) is 0.440. The van der Waals surface area contributed by atoms with Gasteiger partial charge in [-0.1, -0.05) is 27.7 Å². The Morgan fingerprint density at radius 3 is 2.67 bits per heavy atom. The minimum atomic E-state index is -0.395. The monoisotopic (exact) mass is 250 g/mol. The molecule has 0 aliphatic carbocycles. The number of carbonyl (C=O) groups excluding carboxylic acids is 1. The van der Waals surface area contributed by atoms with E-state index >= 15 is 0 Å². The fourth-order valence-corrected chi connectivity index (χ4v) is 2.16. The van der Waals surface area contributed by atoms with E-state index in [9.17, 15) is 9.18 Å². The van der Waals surface area contributed by atoms with Crippen LogP contribution in [0.5, 0.6) is 5.75 Å². The average molecular weight is 250 g/mol. The number of benzene rings is 1. The quantitative estimate of drug-likeness (QED) is 0.757. The summed E-state index contributed by atoms with van der Waals surface area (Å²) in [5.74, 6) is 0.332. The van der Waals surface area contributed by atoms with Crippen LogP contribution in [0.4, 0.5) is 4.39 Å². The van der Waals surface area contributed by atoms with E-state index in [1.165, 1.54) is 12.1 Å². The number of fused-ring (bicyclic) bond motifs is 1. The Morgan fingerprint density at radius 1 is 1.39 bits per heavy atom. The third-order valence-corrected chi connectivity index (χ3v) is 3.83. The van der Waals surface area contributed by atoms with E-state index in [0.717, 1.165) is 0 Å². The highest BCUT2D eigenvalue weighted by molar-refractivity contribution is 5.99. The number of ketones is 1. The van der Waals surface area contributed by atoms with Crippen molar-refractivity contribution >= 4 is 5.78 Å². The number of ether oxygens (including phenoxy) is 1. The summed E-state index contributed by atoms with van der Waals surface area (Å²) in [6.45, 7) is 8.48. The van der Waals surface area contributed by atoms with E-state index in [1.54, 1.807) is 6.07 Å². The van der Waals surface area contributed by atoms with Crippen LogP contribution in [0.3, 0.4) is 0 Å². The first kappa shape index (κ1) is 13.1. The number of carbonyl (C=O) groups is 1. The molecule has 0 radical (unpaired) electrons. The lowest BCUT2D eigenvalue weighted by Crippen LogP contribution is -2.38. The van der Waals surface area contributed by atoms with Gasteiger partial charge in [0, 0.05) is 6.42 Å². The Morgan fingerprint density at radius 2 is 2.06 bits per heavy atom. The Balaban J connectivity index is 2.29. The molecule has 0 aromatic heterocycles. The van der Waals surface area contributed by atoms with Crippen LogP contribution in [-0.4, -0.2) is 11.9 Å². The Kier molecular flexibility index (Phi) is 3.18. The number of hydrogen-bond acceptors (Lipinski definition) is 2. The summed E-state index contributed by atoms with van der Waals surface area (Å²) >= 11 is 0.